The van der Waals surface area contributed by atoms with Crippen LogP contribution in [-0.2, 0) is 9.53 Å². The molecule has 1 atom stereocenters. The molecule has 1 rings (SSSR count). The fraction of sp³-hybridized carbons (Fsp3) is 0.350. The first-order valence-corrected chi connectivity index (χ1v) is 7.68. The first-order chi connectivity index (χ1) is 11.4. The van der Waals surface area contributed by atoms with E-state index >= 15 is 0 Å². The summed E-state index contributed by atoms with van der Waals surface area (Å²) in [5, 5.41) is 0. The second kappa shape index (κ2) is 8.76. The number of hydrogen-bond acceptors (Lipinski definition) is 3. The van der Waals surface area contributed by atoms with E-state index in [4.69, 9.17) is 11.2 Å². The third-order valence-electron chi connectivity index (χ3n) is 3.60. The number of rotatable bonds is 7. The summed E-state index contributed by atoms with van der Waals surface area (Å²) in [5.74, 6) is 1.67. The normalized spacial score (nSPS) is 12.5. The molecule has 0 saturated heterocycles. The van der Waals surface area contributed by atoms with Crippen LogP contribution in [0.2, 0.25) is 0 Å². The van der Waals surface area contributed by atoms with Crippen LogP contribution < -0.4 is 0 Å². The zero-order valence-electron chi connectivity index (χ0n) is 14.4. The molecular weight excluding hydrogens is 302 g/mol. The third kappa shape index (κ3) is 4.16. The van der Waals surface area contributed by atoms with Gasteiger partial charge in [-0.15, -0.1) is 12.2 Å². The lowest BCUT2D eigenvalue weighted by Crippen LogP contribution is -2.57. The number of esters is 1. The van der Waals surface area contributed by atoms with E-state index in [1.165, 1.54) is 18.1 Å². The van der Waals surface area contributed by atoms with Crippen molar-refractivity contribution in [2.75, 3.05) is 13.7 Å². The van der Waals surface area contributed by atoms with Crippen molar-refractivity contribution in [1.82, 2.24) is 4.90 Å². The Morgan fingerprint density at radius 2 is 2.00 bits per heavy atom. The Bertz CT molecular complexity index is 666. The first kappa shape index (κ1) is 19.3. The molecule has 0 fully saturated rings. The van der Waals surface area contributed by atoms with E-state index in [2.05, 4.69) is 18.2 Å². The molecule has 126 valence electrons. The van der Waals surface area contributed by atoms with Crippen molar-refractivity contribution in [2.45, 2.75) is 25.8 Å². The molecule has 0 aliphatic carbocycles. The number of methoxy groups -OCH3 is 1. The molecule has 0 aliphatic rings. The van der Waals surface area contributed by atoms with E-state index in [1.54, 1.807) is 24.3 Å². The quantitative estimate of drug-likeness (QED) is 0.440. The topological polar surface area (TPSA) is 46.6 Å². The average molecular weight is 325 g/mol. The summed E-state index contributed by atoms with van der Waals surface area (Å²) in [7, 11) is 1.29. The van der Waals surface area contributed by atoms with Gasteiger partial charge in [0, 0.05) is 5.56 Å². The van der Waals surface area contributed by atoms with Gasteiger partial charge in [0.25, 0.3) is 5.91 Å². The molecule has 0 saturated carbocycles. The average Bonchev–Trinajstić information content (AvgIpc) is 2.58. The Morgan fingerprint density at radius 3 is 2.46 bits per heavy atom. The fourth-order valence-corrected chi connectivity index (χ4v) is 2.69. The molecule has 4 nitrogen and oxygen atoms in total. The van der Waals surface area contributed by atoms with Crippen LogP contribution >= 0.6 is 0 Å². The van der Waals surface area contributed by atoms with Crippen LogP contribution in [0.15, 0.2) is 48.7 Å². The molecule has 0 aliphatic heterocycles. The zero-order valence-corrected chi connectivity index (χ0v) is 14.4. The molecule has 0 radical (unpaired) electrons. The van der Waals surface area contributed by atoms with Gasteiger partial charge in [0.05, 0.1) is 13.7 Å². The summed E-state index contributed by atoms with van der Waals surface area (Å²) in [6, 6.07) is 8.69. The molecule has 1 unspecified atom stereocenters. The molecule has 0 bridgehead atoms. The van der Waals surface area contributed by atoms with E-state index in [-0.39, 0.29) is 18.4 Å². The number of carbonyl (C=O) groups is 2. The van der Waals surface area contributed by atoms with Crippen molar-refractivity contribution in [3.63, 3.8) is 0 Å². The van der Waals surface area contributed by atoms with Gasteiger partial charge >= 0.3 is 5.97 Å². The van der Waals surface area contributed by atoms with Crippen molar-refractivity contribution in [3.8, 4) is 12.3 Å². The van der Waals surface area contributed by atoms with Crippen molar-refractivity contribution < 1.29 is 14.3 Å². The van der Waals surface area contributed by atoms with Crippen LogP contribution in [0.25, 0.3) is 0 Å². The summed E-state index contributed by atoms with van der Waals surface area (Å²) in [6.07, 6.45) is 7.28. The summed E-state index contributed by atoms with van der Waals surface area (Å²) in [4.78, 5) is 27.0. The van der Waals surface area contributed by atoms with Gasteiger partial charge < -0.3 is 9.64 Å². The number of amides is 1. The van der Waals surface area contributed by atoms with E-state index in [1.807, 2.05) is 19.9 Å². The minimum atomic E-state index is -1.34. The SMILES string of the molecule is C#CCN(C(=O)c1ccccc1)C(C=C=C)(CC(C)C)C(=O)OC. The van der Waals surface area contributed by atoms with Gasteiger partial charge in [0.15, 0.2) is 5.54 Å². The van der Waals surface area contributed by atoms with Crippen molar-refractivity contribution in [1.29, 1.82) is 0 Å². The van der Waals surface area contributed by atoms with Crippen molar-refractivity contribution in [3.05, 3.63) is 54.3 Å². The van der Waals surface area contributed by atoms with Gasteiger partial charge in [0.2, 0.25) is 0 Å². The van der Waals surface area contributed by atoms with E-state index in [0.717, 1.165) is 0 Å². The number of hydrogen-bond donors (Lipinski definition) is 0. The van der Waals surface area contributed by atoms with Gasteiger partial charge in [0.1, 0.15) is 0 Å². The van der Waals surface area contributed by atoms with Crippen LogP contribution in [0.1, 0.15) is 30.6 Å². The van der Waals surface area contributed by atoms with Crippen LogP contribution in [-0.4, -0.2) is 36.0 Å². The van der Waals surface area contributed by atoms with Crippen LogP contribution in [0.5, 0.6) is 0 Å². The standard InChI is InChI=1S/C20H23NO3/c1-6-13-20(15-16(3)4,19(23)24-5)21(14-7-2)18(22)17-11-9-8-10-12-17/h2,8-13,16H,1,14-15H2,3-5H3. The molecule has 1 aromatic rings. The number of carbonyl (C=O) groups excluding carboxylic acids is 2. The highest BCUT2D eigenvalue weighted by molar-refractivity contribution is 5.99. The van der Waals surface area contributed by atoms with Gasteiger partial charge in [-0.25, -0.2) is 4.79 Å². The predicted molar refractivity (Wildman–Crippen MR) is 94.2 cm³/mol. The Hall–Kier alpha value is -2.76. The molecule has 24 heavy (non-hydrogen) atoms. The Kier molecular flexibility index (Phi) is 7.04. The van der Waals surface area contributed by atoms with E-state index in [0.29, 0.717) is 12.0 Å². The van der Waals surface area contributed by atoms with Gasteiger partial charge in [-0.1, -0.05) is 44.5 Å². The number of terminal acetylenes is 1. The largest absolute Gasteiger partial charge is 0.467 e. The predicted octanol–water partition coefficient (Wildman–Crippen LogP) is 3.06. The second-order valence-electron chi connectivity index (χ2n) is 5.82. The summed E-state index contributed by atoms with van der Waals surface area (Å²) in [5.41, 5.74) is 1.74. The Morgan fingerprint density at radius 1 is 1.38 bits per heavy atom. The van der Waals surface area contributed by atoms with Crippen LogP contribution in [0.4, 0.5) is 0 Å². The smallest absolute Gasteiger partial charge is 0.336 e. The Labute approximate surface area is 143 Å². The third-order valence-corrected chi connectivity index (χ3v) is 3.60. The molecule has 0 N–H and O–H groups in total. The van der Waals surface area contributed by atoms with E-state index < -0.39 is 11.5 Å². The molecule has 1 amide bonds. The maximum atomic E-state index is 13.0. The number of ether oxygens (including phenoxy) is 1. The monoisotopic (exact) mass is 325 g/mol. The van der Waals surface area contributed by atoms with Gasteiger partial charge in [-0.05, 0) is 30.5 Å². The lowest BCUT2D eigenvalue weighted by Gasteiger charge is -2.39. The van der Waals surface area contributed by atoms with Gasteiger partial charge in [-0.2, -0.15) is 0 Å². The fourth-order valence-electron chi connectivity index (χ4n) is 2.69. The minimum absolute atomic E-state index is 0.0340. The molecule has 1 aromatic carbocycles. The highest BCUT2D eigenvalue weighted by Gasteiger charge is 2.46. The maximum absolute atomic E-state index is 13.0. The molecule has 0 aromatic heterocycles. The summed E-state index contributed by atoms with van der Waals surface area (Å²) in [6.45, 7) is 7.44. The molecule has 0 heterocycles. The summed E-state index contributed by atoms with van der Waals surface area (Å²) < 4.78 is 4.98. The van der Waals surface area contributed by atoms with Crippen LogP contribution in [0.3, 0.4) is 0 Å². The summed E-state index contributed by atoms with van der Waals surface area (Å²) >= 11 is 0. The van der Waals surface area contributed by atoms with E-state index in [9.17, 15) is 9.59 Å². The maximum Gasteiger partial charge on any atom is 0.336 e. The first-order valence-electron chi connectivity index (χ1n) is 7.68. The second-order valence-corrected chi connectivity index (χ2v) is 5.82. The lowest BCUT2D eigenvalue weighted by molar-refractivity contribution is -0.151. The zero-order chi connectivity index (χ0) is 18.2. The van der Waals surface area contributed by atoms with Gasteiger partial charge in [-0.3, -0.25) is 4.79 Å². The van der Waals surface area contributed by atoms with Crippen molar-refractivity contribution in [2.24, 2.45) is 5.92 Å². The lowest BCUT2D eigenvalue weighted by atomic mass is 9.86. The Balaban J connectivity index is 3.52. The molecule has 4 heteroatoms. The molecular formula is C20H23NO3. The number of benzene rings is 1. The highest BCUT2D eigenvalue weighted by Crippen LogP contribution is 2.29. The van der Waals surface area contributed by atoms with Crippen LogP contribution in [0, 0.1) is 18.3 Å². The molecule has 0 spiro atoms. The number of nitrogens with zero attached hydrogens (tertiary/aromatic N) is 1. The minimum Gasteiger partial charge on any atom is -0.467 e. The van der Waals surface area contributed by atoms with Crippen molar-refractivity contribution >= 4 is 11.9 Å². The highest BCUT2D eigenvalue weighted by atomic mass is 16.5.